The van der Waals surface area contributed by atoms with Crippen molar-refractivity contribution in [3.8, 4) is 11.3 Å². The van der Waals surface area contributed by atoms with Crippen LogP contribution in [0.1, 0.15) is 30.0 Å². The number of nitrogens with one attached hydrogen (secondary N) is 1. The van der Waals surface area contributed by atoms with E-state index < -0.39 is 0 Å². The monoisotopic (exact) mass is 369 g/mol. The van der Waals surface area contributed by atoms with Gasteiger partial charge in [0, 0.05) is 28.7 Å². The number of nitrogens with zero attached hydrogens (tertiary/aromatic N) is 2. The molecule has 2 aromatic carbocycles. The van der Waals surface area contributed by atoms with Gasteiger partial charge >= 0.3 is 0 Å². The molecular formula is C21H21ClFN3. The summed E-state index contributed by atoms with van der Waals surface area (Å²) in [5.41, 5.74) is 4.41. The summed E-state index contributed by atoms with van der Waals surface area (Å²) in [5.74, 6) is 0.330. The number of aromatic amines is 1. The second-order valence-electron chi connectivity index (χ2n) is 6.89. The van der Waals surface area contributed by atoms with Gasteiger partial charge in [0.1, 0.15) is 5.82 Å². The Morgan fingerprint density at radius 2 is 1.73 bits per heavy atom. The number of aromatic nitrogens is 2. The van der Waals surface area contributed by atoms with E-state index in [1.54, 1.807) is 0 Å². The van der Waals surface area contributed by atoms with Crippen LogP contribution in [0.5, 0.6) is 0 Å². The molecule has 3 nitrogen and oxygen atoms in total. The van der Waals surface area contributed by atoms with E-state index in [-0.39, 0.29) is 5.82 Å². The lowest BCUT2D eigenvalue weighted by molar-refractivity contribution is 0.203. The van der Waals surface area contributed by atoms with Crippen molar-refractivity contribution >= 4 is 11.6 Å². The highest BCUT2D eigenvalue weighted by Gasteiger charge is 2.22. The molecule has 0 atom stereocenters. The van der Waals surface area contributed by atoms with E-state index in [4.69, 9.17) is 11.6 Å². The smallest absolute Gasteiger partial charge is 0.123 e. The highest BCUT2D eigenvalue weighted by atomic mass is 35.5. The highest BCUT2D eigenvalue weighted by molar-refractivity contribution is 6.30. The molecular weight excluding hydrogens is 349 g/mol. The Hall–Kier alpha value is -2.17. The number of hydrogen-bond acceptors (Lipinski definition) is 2. The molecule has 1 aliphatic heterocycles. The summed E-state index contributed by atoms with van der Waals surface area (Å²) in [6.45, 7) is 2.96. The Balaban J connectivity index is 1.36. The van der Waals surface area contributed by atoms with Crippen LogP contribution in [-0.4, -0.2) is 28.2 Å². The first-order chi connectivity index (χ1) is 12.7. The molecule has 0 aliphatic carbocycles. The fourth-order valence-electron chi connectivity index (χ4n) is 3.56. The van der Waals surface area contributed by atoms with Gasteiger partial charge in [0.2, 0.25) is 0 Å². The molecule has 5 heteroatoms. The van der Waals surface area contributed by atoms with Crippen molar-refractivity contribution in [2.45, 2.75) is 25.3 Å². The SMILES string of the molecule is Fc1ccc(CN2CCC(c3cc(-c4ccc(Cl)cc4)n[nH]3)CC2)cc1. The van der Waals surface area contributed by atoms with Crippen LogP contribution in [0.3, 0.4) is 0 Å². The third-order valence-corrected chi connectivity index (χ3v) is 5.34. The fourth-order valence-corrected chi connectivity index (χ4v) is 3.69. The lowest BCUT2D eigenvalue weighted by atomic mass is 9.93. The molecule has 0 saturated carbocycles. The maximum atomic E-state index is 13.0. The molecule has 4 rings (SSSR count). The minimum atomic E-state index is -0.178. The third-order valence-electron chi connectivity index (χ3n) is 5.08. The maximum Gasteiger partial charge on any atom is 0.123 e. The third kappa shape index (κ3) is 3.97. The Bertz CT molecular complexity index is 850. The van der Waals surface area contributed by atoms with Gasteiger partial charge in [-0.3, -0.25) is 10.00 Å². The zero-order valence-electron chi connectivity index (χ0n) is 14.5. The minimum absolute atomic E-state index is 0.178. The molecule has 0 spiro atoms. The highest BCUT2D eigenvalue weighted by Crippen LogP contribution is 2.30. The summed E-state index contributed by atoms with van der Waals surface area (Å²) in [4.78, 5) is 2.43. The zero-order chi connectivity index (χ0) is 17.9. The first kappa shape index (κ1) is 17.3. The van der Waals surface area contributed by atoms with Crippen molar-refractivity contribution in [3.63, 3.8) is 0 Å². The molecule has 0 radical (unpaired) electrons. The van der Waals surface area contributed by atoms with Crippen molar-refractivity contribution in [3.05, 3.63) is 76.7 Å². The Labute approximate surface area is 157 Å². The molecule has 1 aromatic heterocycles. The van der Waals surface area contributed by atoms with E-state index in [1.165, 1.54) is 17.8 Å². The van der Waals surface area contributed by atoms with Crippen LogP contribution in [0.15, 0.2) is 54.6 Å². The average Bonchev–Trinajstić information content (AvgIpc) is 3.15. The Kier molecular flexibility index (Phi) is 5.05. The molecule has 2 heterocycles. The van der Waals surface area contributed by atoms with Gasteiger partial charge < -0.3 is 0 Å². The van der Waals surface area contributed by atoms with Gasteiger partial charge in [0.25, 0.3) is 0 Å². The second-order valence-corrected chi connectivity index (χ2v) is 7.33. The zero-order valence-corrected chi connectivity index (χ0v) is 15.2. The molecule has 3 aromatic rings. The number of halogens is 2. The van der Waals surface area contributed by atoms with Crippen LogP contribution in [0, 0.1) is 5.82 Å². The van der Waals surface area contributed by atoms with Crippen LogP contribution < -0.4 is 0 Å². The lowest BCUT2D eigenvalue weighted by Crippen LogP contribution is -2.32. The van der Waals surface area contributed by atoms with E-state index in [2.05, 4.69) is 21.2 Å². The number of H-pyrrole nitrogens is 1. The molecule has 1 saturated heterocycles. The molecule has 0 amide bonds. The van der Waals surface area contributed by atoms with Crippen LogP contribution in [0.4, 0.5) is 4.39 Å². The predicted octanol–water partition coefficient (Wildman–Crippen LogP) is 5.25. The van der Waals surface area contributed by atoms with Gasteiger partial charge in [0.15, 0.2) is 0 Å². The van der Waals surface area contributed by atoms with Gasteiger partial charge in [-0.1, -0.05) is 35.9 Å². The van der Waals surface area contributed by atoms with Gasteiger partial charge in [-0.2, -0.15) is 5.10 Å². The number of likely N-dealkylation sites (tertiary alicyclic amines) is 1. The van der Waals surface area contributed by atoms with Gasteiger partial charge in [0.05, 0.1) is 5.69 Å². The van der Waals surface area contributed by atoms with Crippen molar-refractivity contribution in [1.82, 2.24) is 15.1 Å². The van der Waals surface area contributed by atoms with Gasteiger partial charge in [-0.15, -0.1) is 0 Å². The van der Waals surface area contributed by atoms with Crippen molar-refractivity contribution in [1.29, 1.82) is 0 Å². The molecule has 1 aliphatic rings. The fraction of sp³-hybridized carbons (Fsp3) is 0.286. The number of benzene rings is 2. The van der Waals surface area contributed by atoms with Crippen LogP contribution in [0.2, 0.25) is 5.02 Å². The van der Waals surface area contributed by atoms with Crippen LogP contribution >= 0.6 is 11.6 Å². The maximum absolute atomic E-state index is 13.0. The predicted molar refractivity (Wildman–Crippen MR) is 103 cm³/mol. The quantitative estimate of drug-likeness (QED) is 0.681. The molecule has 0 unspecified atom stereocenters. The number of piperidine rings is 1. The summed E-state index contributed by atoms with van der Waals surface area (Å²) in [7, 11) is 0. The summed E-state index contributed by atoms with van der Waals surface area (Å²) >= 11 is 5.95. The van der Waals surface area contributed by atoms with E-state index in [1.807, 2.05) is 36.4 Å². The van der Waals surface area contributed by atoms with E-state index in [9.17, 15) is 4.39 Å². The van der Waals surface area contributed by atoms with E-state index >= 15 is 0 Å². The first-order valence-corrected chi connectivity index (χ1v) is 9.33. The van der Waals surface area contributed by atoms with E-state index in [0.29, 0.717) is 5.92 Å². The largest absolute Gasteiger partial charge is 0.299 e. The molecule has 1 fully saturated rings. The molecule has 134 valence electrons. The van der Waals surface area contributed by atoms with Crippen molar-refractivity contribution in [2.75, 3.05) is 13.1 Å². The Morgan fingerprint density at radius 3 is 2.42 bits per heavy atom. The van der Waals surface area contributed by atoms with Crippen molar-refractivity contribution < 1.29 is 4.39 Å². The lowest BCUT2D eigenvalue weighted by Gasteiger charge is -2.31. The normalized spacial score (nSPS) is 16.1. The summed E-state index contributed by atoms with van der Waals surface area (Å²) in [6, 6.07) is 16.7. The molecule has 26 heavy (non-hydrogen) atoms. The second kappa shape index (κ2) is 7.60. The van der Waals surface area contributed by atoms with Gasteiger partial charge in [-0.05, 0) is 61.8 Å². The molecule has 0 bridgehead atoms. The van der Waals surface area contributed by atoms with Crippen LogP contribution in [-0.2, 0) is 6.54 Å². The van der Waals surface area contributed by atoms with Crippen molar-refractivity contribution in [2.24, 2.45) is 0 Å². The number of rotatable bonds is 4. The standard InChI is InChI=1S/C21H21ClFN3/c22-18-5-3-16(4-6-18)20-13-21(25-24-20)17-9-11-26(12-10-17)14-15-1-7-19(23)8-2-15/h1-8,13,17H,9-12,14H2,(H,24,25). The topological polar surface area (TPSA) is 31.9 Å². The van der Waals surface area contributed by atoms with E-state index in [0.717, 1.165) is 54.3 Å². The van der Waals surface area contributed by atoms with Crippen LogP contribution in [0.25, 0.3) is 11.3 Å². The molecule has 1 N–H and O–H groups in total. The summed E-state index contributed by atoms with van der Waals surface area (Å²) in [6.07, 6.45) is 2.20. The van der Waals surface area contributed by atoms with Gasteiger partial charge in [-0.25, -0.2) is 4.39 Å². The first-order valence-electron chi connectivity index (χ1n) is 8.95. The summed E-state index contributed by atoms with van der Waals surface area (Å²) < 4.78 is 13.0. The minimum Gasteiger partial charge on any atom is -0.299 e. The average molecular weight is 370 g/mol. The Morgan fingerprint density at radius 1 is 1.04 bits per heavy atom. The number of hydrogen-bond donors (Lipinski definition) is 1. The summed E-state index contributed by atoms with van der Waals surface area (Å²) in [5, 5.41) is 8.42.